The maximum atomic E-state index is 12.5. The third-order valence-electron chi connectivity index (χ3n) is 5.27. The lowest BCUT2D eigenvalue weighted by Crippen LogP contribution is -2.49. The summed E-state index contributed by atoms with van der Waals surface area (Å²) in [6.07, 6.45) is -3.02. The van der Waals surface area contributed by atoms with Gasteiger partial charge < -0.3 is 15.3 Å². The minimum atomic E-state index is -4.67. The Hall–Kier alpha value is -2.62. The monoisotopic (exact) mass is 441 g/mol. The molecular weight excluding hydrogens is 411 g/mol. The molecule has 10 heteroatoms. The number of nitrogens with zero attached hydrogens (tertiary/aromatic N) is 4. The third-order valence-corrected chi connectivity index (χ3v) is 5.27. The number of hydrogen-bond donors (Lipinski definition) is 2. The van der Waals surface area contributed by atoms with Gasteiger partial charge in [-0.3, -0.25) is 14.5 Å². The number of aryl methyl sites for hydroxylation is 3. The van der Waals surface area contributed by atoms with Gasteiger partial charge >= 0.3 is 6.18 Å². The molecule has 31 heavy (non-hydrogen) atoms. The van der Waals surface area contributed by atoms with Crippen LogP contribution >= 0.6 is 0 Å². The summed E-state index contributed by atoms with van der Waals surface area (Å²) in [5.74, 6) is 0.0871. The van der Waals surface area contributed by atoms with E-state index < -0.39 is 18.8 Å². The predicted octanol–water partition coefficient (Wildman–Crippen LogP) is 3.34. The van der Waals surface area contributed by atoms with Gasteiger partial charge in [0.05, 0.1) is 29.8 Å². The Morgan fingerprint density at radius 2 is 1.97 bits per heavy atom. The van der Waals surface area contributed by atoms with E-state index in [1.807, 2.05) is 38.8 Å². The molecule has 7 nitrogen and oxygen atoms in total. The van der Waals surface area contributed by atoms with E-state index in [0.717, 1.165) is 21.6 Å². The molecule has 0 saturated carbocycles. The third kappa shape index (κ3) is 5.36. The van der Waals surface area contributed by atoms with E-state index >= 15 is 0 Å². The summed E-state index contributed by atoms with van der Waals surface area (Å²) in [4.78, 5) is 19.0. The molecular formula is C21H30F3N5O2. The zero-order chi connectivity index (χ0) is 22.2. The first-order valence-electron chi connectivity index (χ1n) is 9.77. The number of aromatic nitrogens is 3. The van der Waals surface area contributed by atoms with Crippen LogP contribution in [0.2, 0.25) is 0 Å². The largest absolute Gasteiger partial charge is 0.416 e. The van der Waals surface area contributed by atoms with Crippen molar-refractivity contribution in [3.8, 4) is 0 Å². The number of aliphatic hydroxyl groups is 1. The Balaban J connectivity index is 0.00000341. The molecule has 2 aromatic heterocycles. The number of rotatable bonds is 6. The van der Waals surface area contributed by atoms with Gasteiger partial charge in [0.25, 0.3) is 0 Å². The van der Waals surface area contributed by atoms with Crippen LogP contribution in [-0.2, 0) is 24.2 Å². The first-order valence-corrected chi connectivity index (χ1v) is 9.77. The molecule has 0 spiro atoms. The van der Waals surface area contributed by atoms with Gasteiger partial charge in [-0.2, -0.15) is 18.3 Å². The van der Waals surface area contributed by atoms with Crippen LogP contribution in [0.25, 0.3) is 0 Å². The molecule has 0 radical (unpaired) electrons. The highest BCUT2D eigenvalue weighted by Crippen LogP contribution is 2.35. The molecule has 0 fully saturated rings. The van der Waals surface area contributed by atoms with Crippen LogP contribution < -0.4 is 10.2 Å². The van der Waals surface area contributed by atoms with E-state index in [4.69, 9.17) is 0 Å². The van der Waals surface area contributed by atoms with E-state index in [1.165, 1.54) is 12.4 Å². The van der Waals surface area contributed by atoms with Crippen molar-refractivity contribution in [3.63, 3.8) is 0 Å². The number of anilines is 2. The first-order chi connectivity index (χ1) is 14.0. The van der Waals surface area contributed by atoms with Crippen LogP contribution in [0.4, 0.5) is 24.5 Å². The predicted molar refractivity (Wildman–Crippen MR) is 113 cm³/mol. The number of amides is 1. The Kier molecular flexibility index (Phi) is 7.36. The minimum absolute atomic E-state index is 0. The lowest BCUT2D eigenvalue weighted by atomic mass is 9.97. The number of nitrogens with one attached hydrogen (secondary N) is 1. The van der Waals surface area contributed by atoms with Gasteiger partial charge in [0, 0.05) is 18.9 Å². The van der Waals surface area contributed by atoms with E-state index in [-0.39, 0.29) is 25.3 Å². The number of fused-ring (bicyclic) bond motifs is 1. The number of aliphatic hydroxyl groups excluding tert-OH is 1. The van der Waals surface area contributed by atoms with E-state index in [1.54, 1.807) is 0 Å². The van der Waals surface area contributed by atoms with Crippen LogP contribution in [0.1, 0.15) is 38.2 Å². The van der Waals surface area contributed by atoms with Crippen molar-refractivity contribution in [2.24, 2.45) is 5.92 Å². The molecule has 172 valence electrons. The molecule has 0 bridgehead atoms. The molecule has 1 unspecified atom stereocenters. The fourth-order valence-electron chi connectivity index (χ4n) is 3.74. The van der Waals surface area contributed by atoms with Gasteiger partial charge in [0.2, 0.25) is 5.91 Å². The summed E-state index contributed by atoms with van der Waals surface area (Å²) >= 11 is 0. The van der Waals surface area contributed by atoms with Crippen LogP contribution in [0.5, 0.6) is 0 Å². The maximum absolute atomic E-state index is 12.5. The van der Waals surface area contributed by atoms with Crippen LogP contribution in [-0.4, -0.2) is 51.1 Å². The molecule has 0 aromatic carbocycles. The highest BCUT2D eigenvalue weighted by atomic mass is 19.4. The number of pyridine rings is 1. The molecule has 1 aliphatic rings. The van der Waals surface area contributed by atoms with Gasteiger partial charge in [-0.1, -0.05) is 21.3 Å². The summed E-state index contributed by atoms with van der Waals surface area (Å²) in [6.45, 7) is 5.19. The van der Waals surface area contributed by atoms with Crippen molar-refractivity contribution >= 4 is 17.3 Å². The van der Waals surface area contributed by atoms with Gasteiger partial charge in [-0.05, 0) is 37.3 Å². The molecule has 2 N–H and O–H groups in total. The molecule has 2 atom stereocenters. The lowest BCUT2D eigenvalue weighted by Gasteiger charge is -2.38. The number of likely N-dealkylation sites (N-methyl/N-ethyl adjacent to an activating group) is 1. The number of alkyl halides is 3. The number of hydrogen-bond acceptors (Lipinski definition) is 5. The quantitative estimate of drug-likeness (QED) is 0.719. The normalized spacial score (nSPS) is 17.3. The molecule has 0 aliphatic carbocycles. The molecule has 1 amide bonds. The van der Waals surface area contributed by atoms with Crippen LogP contribution in [0, 0.1) is 12.8 Å². The summed E-state index contributed by atoms with van der Waals surface area (Å²) in [5.41, 5.74) is 3.90. The van der Waals surface area contributed by atoms with E-state index in [2.05, 4.69) is 15.4 Å². The highest BCUT2D eigenvalue weighted by molar-refractivity contribution is 6.04. The van der Waals surface area contributed by atoms with Crippen molar-refractivity contribution in [1.82, 2.24) is 14.8 Å². The van der Waals surface area contributed by atoms with E-state index in [0.29, 0.717) is 24.2 Å². The highest BCUT2D eigenvalue weighted by Gasteiger charge is 2.38. The second-order valence-electron chi connectivity index (χ2n) is 8.01. The fourth-order valence-corrected chi connectivity index (χ4v) is 3.74. The number of carbonyl (C=O) groups is 1. The van der Waals surface area contributed by atoms with Crippen molar-refractivity contribution in [2.45, 2.75) is 65.9 Å². The van der Waals surface area contributed by atoms with Crippen molar-refractivity contribution < 1.29 is 23.1 Å². The average molecular weight is 441 g/mol. The first kappa shape index (κ1) is 24.6. The Labute approximate surface area is 180 Å². The smallest absolute Gasteiger partial charge is 0.382 e. The fraction of sp³-hybridized carbons (Fsp3) is 0.571. The topological polar surface area (TPSA) is 83.3 Å². The second-order valence-corrected chi connectivity index (χ2v) is 8.01. The summed E-state index contributed by atoms with van der Waals surface area (Å²) in [6, 6.07) is 1.67. The molecule has 3 rings (SSSR count). The standard InChI is InChI=1S/C20H26F3N5O2.CH4/c1-11(2)18-19(30)26-17-12(3)25-14(7-15(17)27(18)4)6-5-13-8-24-28(9-13)10-16(29)20(21,22)23;/h7-9,11,16,18,29H,5-6,10H2,1-4H3,(H,26,30);1H4/t16?,18-;/m0./s1. The minimum Gasteiger partial charge on any atom is -0.382 e. The number of carbonyl (C=O) groups excluding carboxylic acids is 1. The Morgan fingerprint density at radius 3 is 2.58 bits per heavy atom. The van der Waals surface area contributed by atoms with Crippen molar-refractivity contribution in [3.05, 3.63) is 35.4 Å². The Bertz CT molecular complexity index is 926. The second kappa shape index (κ2) is 9.25. The SMILES string of the molecule is C.Cc1nc(CCc2cnn(CC(O)C(F)(F)F)c2)cc2c1NC(=O)[C@H](C(C)C)N2C. The van der Waals surface area contributed by atoms with Crippen molar-refractivity contribution in [1.29, 1.82) is 0 Å². The van der Waals surface area contributed by atoms with Gasteiger partial charge in [0.1, 0.15) is 6.04 Å². The van der Waals surface area contributed by atoms with E-state index in [9.17, 15) is 23.1 Å². The zero-order valence-corrected chi connectivity index (χ0v) is 17.4. The zero-order valence-electron chi connectivity index (χ0n) is 17.4. The molecule has 1 aliphatic heterocycles. The lowest BCUT2D eigenvalue weighted by molar-refractivity contribution is -0.208. The average Bonchev–Trinajstić information content (AvgIpc) is 3.07. The van der Waals surface area contributed by atoms with Crippen LogP contribution in [0.3, 0.4) is 0 Å². The summed E-state index contributed by atoms with van der Waals surface area (Å²) in [7, 11) is 1.89. The van der Waals surface area contributed by atoms with Gasteiger partial charge in [-0.25, -0.2) is 0 Å². The molecule has 2 aromatic rings. The van der Waals surface area contributed by atoms with Gasteiger partial charge in [-0.15, -0.1) is 0 Å². The number of halogens is 3. The maximum Gasteiger partial charge on any atom is 0.416 e. The Morgan fingerprint density at radius 1 is 1.29 bits per heavy atom. The molecule has 0 saturated heterocycles. The molecule has 3 heterocycles. The van der Waals surface area contributed by atoms with Crippen molar-refractivity contribution in [2.75, 3.05) is 17.3 Å². The summed E-state index contributed by atoms with van der Waals surface area (Å²) in [5, 5.41) is 16.0. The van der Waals surface area contributed by atoms with Crippen LogP contribution in [0.15, 0.2) is 18.5 Å². The summed E-state index contributed by atoms with van der Waals surface area (Å²) < 4.78 is 38.6. The van der Waals surface area contributed by atoms with Gasteiger partial charge in [0.15, 0.2) is 6.10 Å².